The van der Waals surface area contributed by atoms with Crippen LogP contribution in [0.25, 0.3) is 0 Å². The standard InChI is InChI=1S/C19H25BrN2O5S/c1-12-7-13(2)10-22(9-12)18(23)11-27-19(24)16-8-15(5-6-17(16)20)28(25,26)21-14-3-4-14/h5-6,8,12-14,21H,3-4,7,9-11H2,1-2H3. The summed E-state index contributed by atoms with van der Waals surface area (Å²) in [6.07, 6.45) is 2.72. The zero-order valence-corrected chi connectivity index (χ0v) is 18.4. The number of esters is 1. The van der Waals surface area contributed by atoms with Gasteiger partial charge in [0.1, 0.15) is 0 Å². The van der Waals surface area contributed by atoms with Crippen LogP contribution >= 0.6 is 15.9 Å². The largest absolute Gasteiger partial charge is 0.452 e. The monoisotopic (exact) mass is 472 g/mol. The first-order valence-corrected chi connectivity index (χ1v) is 11.7. The topological polar surface area (TPSA) is 92.8 Å². The molecule has 1 amide bonds. The summed E-state index contributed by atoms with van der Waals surface area (Å²) < 4.78 is 32.9. The first-order valence-electron chi connectivity index (χ1n) is 9.42. The summed E-state index contributed by atoms with van der Waals surface area (Å²) in [5.41, 5.74) is 0.0758. The molecule has 28 heavy (non-hydrogen) atoms. The first-order chi connectivity index (χ1) is 13.2. The predicted octanol–water partition coefficient (Wildman–Crippen LogP) is 2.55. The fourth-order valence-electron chi connectivity index (χ4n) is 3.48. The smallest absolute Gasteiger partial charge is 0.339 e. The molecule has 1 heterocycles. The molecule has 1 aromatic carbocycles. The number of ether oxygens (including phenoxy) is 1. The van der Waals surface area contributed by atoms with Crippen LogP contribution in [-0.4, -0.2) is 50.9 Å². The Morgan fingerprint density at radius 2 is 1.86 bits per heavy atom. The van der Waals surface area contributed by atoms with Crippen LogP contribution in [-0.2, 0) is 19.6 Å². The number of amides is 1. The lowest BCUT2D eigenvalue weighted by molar-refractivity contribution is -0.137. The minimum Gasteiger partial charge on any atom is -0.452 e. The third-order valence-corrected chi connectivity index (χ3v) is 7.13. The van der Waals surface area contributed by atoms with Crippen LogP contribution in [0.5, 0.6) is 0 Å². The van der Waals surface area contributed by atoms with Gasteiger partial charge in [-0.2, -0.15) is 0 Å². The van der Waals surface area contributed by atoms with Crippen molar-refractivity contribution in [3.8, 4) is 0 Å². The summed E-state index contributed by atoms with van der Waals surface area (Å²) >= 11 is 3.25. The zero-order valence-electron chi connectivity index (χ0n) is 16.0. The van der Waals surface area contributed by atoms with E-state index in [1.165, 1.54) is 18.2 Å². The van der Waals surface area contributed by atoms with Crippen molar-refractivity contribution in [2.75, 3.05) is 19.7 Å². The summed E-state index contributed by atoms with van der Waals surface area (Å²) in [6, 6.07) is 4.16. The summed E-state index contributed by atoms with van der Waals surface area (Å²) in [7, 11) is -3.68. The summed E-state index contributed by atoms with van der Waals surface area (Å²) in [6.45, 7) is 5.15. The number of carbonyl (C=O) groups is 2. The van der Waals surface area contributed by atoms with Crippen molar-refractivity contribution in [1.29, 1.82) is 0 Å². The molecule has 1 N–H and O–H groups in total. The molecule has 1 aliphatic carbocycles. The SMILES string of the molecule is CC1CC(C)CN(C(=O)COC(=O)c2cc(S(=O)(=O)NC3CC3)ccc2Br)C1. The number of hydrogen-bond acceptors (Lipinski definition) is 5. The molecule has 1 aliphatic heterocycles. The Morgan fingerprint density at radius 1 is 1.21 bits per heavy atom. The molecule has 154 valence electrons. The number of likely N-dealkylation sites (tertiary alicyclic amines) is 1. The third kappa shape index (κ3) is 5.33. The normalized spacial score (nSPS) is 22.8. The maximum atomic E-state index is 12.5. The number of nitrogens with one attached hydrogen (secondary N) is 1. The maximum Gasteiger partial charge on any atom is 0.339 e. The molecular formula is C19H25BrN2O5S. The fraction of sp³-hybridized carbons (Fsp3) is 0.579. The van der Waals surface area contributed by atoms with Gasteiger partial charge >= 0.3 is 5.97 Å². The van der Waals surface area contributed by atoms with Crippen molar-refractivity contribution in [1.82, 2.24) is 9.62 Å². The Bertz CT molecular complexity index is 859. The highest BCUT2D eigenvalue weighted by Crippen LogP contribution is 2.26. The molecule has 9 heteroatoms. The average Bonchev–Trinajstić information content (AvgIpc) is 3.42. The molecular weight excluding hydrogens is 448 g/mol. The Kier molecular flexibility index (Phi) is 6.46. The van der Waals surface area contributed by atoms with Gasteiger partial charge in [-0.3, -0.25) is 4.79 Å². The van der Waals surface area contributed by atoms with E-state index in [0.29, 0.717) is 29.4 Å². The van der Waals surface area contributed by atoms with Gasteiger partial charge in [-0.25, -0.2) is 17.9 Å². The molecule has 0 radical (unpaired) electrons. The maximum absolute atomic E-state index is 12.5. The van der Waals surface area contributed by atoms with Gasteiger partial charge in [0.2, 0.25) is 10.0 Å². The number of nitrogens with zero attached hydrogens (tertiary/aromatic N) is 1. The van der Waals surface area contributed by atoms with Gasteiger partial charge in [-0.05, 0) is 65.2 Å². The number of hydrogen-bond donors (Lipinski definition) is 1. The van der Waals surface area contributed by atoms with E-state index in [9.17, 15) is 18.0 Å². The molecule has 7 nitrogen and oxygen atoms in total. The van der Waals surface area contributed by atoms with Gasteiger partial charge in [-0.15, -0.1) is 0 Å². The number of carbonyl (C=O) groups excluding carboxylic acids is 2. The molecule has 2 unspecified atom stereocenters. The Morgan fingerprint density at radius 3 is 2.46 bits per heavy atom. The molecule has 2 atom stereocenters. The van der Waals surface area contributed by atoms with Gasteiger partial charge in [0.05, 0.1) is 10.5 Å². The van der Waals surface area contributed by atoms with Crippen molar-refractivity contribution in [3.05, 3.63) is 28.2 Å². The highest BCUT2D eigenvalue weighted by Gasteiger charge is 2.29. The molecule has 1 saturated heterocycles. The van der Waals surface area contributed by atoms with Crippen LogP contribution in [0, 0.1) is 11.8 Å². The first kappa shape index (κ1) is 21.3. The summed E-state index contributed by atoms with van der Waals surface area (Å²) in [5, 5.41) is 0. The number of benzene rings is 1. The Labute approximate surface area is 174 Å². The summed E-state index contributed by atoms with van der Waals surface area (Å²) in [4.78, 5) is 26.6. The number of sulfonamides is 1. The molecule has 0 aromatic heterocycles. The molecule has 0 bridgehead atoms. The Hall–Kier alpha value is -1.45. The number of piperidine rings is 1. The third-order valence-electron chi connectivity index (χ3n) is 4.92. The van der Waals surface area contributed by atoms with E-state index in [2.05, 4.69) is 34.5 Å². The lowest BCUT2D eigenvalue weighted by Gasteiger charge is -2.34. The lowest BCUT2D eigenvalue weighted by Crippen LogP contribution is -2.44. The van der Waals surface area contributed by atoms with E-state index in [0.717, 1.165) is 19.3 Å². The van der Waals surface area contributed by atoms with Gasteiger partial charge in [-0.1, -0.05) is 13.8 Å². The molecule has 1 aromatic rings. The average molecular weight is 473 g/mol. The van der Waals surface area contributed by atoms with Crippen LogP contribution < -0.4 is 4.72 Å². The van der Waals surface area contributed by atoms with Crippen LogP contribution in [0.15, 0.2) is 27.6 Å². The predicted molar refractivity (Wildman–Crippen MR) is 107 cm³/mol. The minimum absolute atomic E-state index is 0.000411. The van der Waals surface area contributed by atoms with Gasteiger partial charge < -0.3 is 9.64 Å². The van der Waals surface area contributed by atoms with E-state index in [-0.39, 0.29) is 29.0 Å². The number of rotatable bonds is 6. The zero-order chi connectivity index (χ0) is 20.5. The second kappa shape index (κ2) is 8.51. The highest BCUT2D eigenvalue weighted by molar-refractivity contribution is 9.10. The van der Waals surface area contributed by atoms with Crippen molar-refractivity contribution >= 4 is 37.8 Å². The van der Waals surface area contributed by atoms with Crippen LogP contribution in [0.3, 0.4) is 0 Å². The highest BCUT2D eigenvalue weighted by atomic mass is 79.9. The van der Waals surface area contributed by atoms with Crippen molar-refractivity contribution in [2.45, 2.75) is 44.0 Å². The van der Waals surface area contributed by atoms with Gasteiger partial charge in [0.15, 0.2) is 6.61 Å². The Balaban J connectivity index is 1.65. The van der Waals surface area contributed by atoms with E-state index in [1.807, 2.05) is 0 Å². The van der Waals surface area contributed by atoms with Crippen molar-refractivity contribution < 1.29 is 22.7 Å². The van der Waals surface area contributed by atoms with Crippen LogP contribution in [0.1, 0.15) is 43.5 Å². The molecule has 2 fully saturated rings. The van der Waals surface area contributed by atoms with Crippen LogP contribution in [0.4, 0.5) is 0 Å². The van der Waals surface area contributed by atoms with E-state index in [1.54, 1.807) is 4.90 Å². The quantitative estimate of drug-likeness (QED) is 0.642. The molecule has 2 aliphatic rings. The van der Waals surface area contributed by atoms with Crippen molar-refractivity contribution in [3.63, 3.8) is 0 Å². The number of halogens is 1. The minimum atomic E-state index is -3.68. The molecule has 1 saturated carbocycles. The van der Waals surface area contributed by atoms with E-state index in [4.69, 9.17) is 4.74 Å². The van der Waals surface area contributed by atoms with Crippen molar-refractivity contribution in [2.24, 2.45) is 11.8 Å². The molecule has 0 spiro atoms. The van der Waals surface area contributed by atoms with Crippen LogP contribution in [0.2, 0.25) is 0 Å². The van der Waals surface area contributed by atoms with Gasteiger partial charge in [0.25, 0.3) is 5.91 Å². The second-order valence-corrected chi connectivity index (χ2v) is 10.4. The summed E-state index contributed by atoms with van der Waals surface area (Å²) in [5.74, 6) is -0.138. The molecule has 3 rings (SSSR count). The lowest BCUT2D eigenvalue weighted by atomic mass is 9.92. The van der Waals surface area contributed by atoms with Gasteiger partial charge in [0, 0.05) is 23.6 Å². The second-order valence-electron chi connectivity index (χ2n) is 7.86. The fourth-order valence-corrected chi connectivity index (χ4v) is 5.22. The van der Waals surface area contributed by atoms with E-state index >= 15 is 0 Å². The van der Waals surface area contributed by atoms with E-state index < -0.39 is 16.0 Å².